The fourth-order valence-corrected chi connectivity index (χ4v) is 1.63. The molecule has 0 heterocycles. The molecule has 0 radical (unpaired) electrons. The second kappa shape index (κ2) is 8.45. The van der Waals surface area contributed by atoms with E-state index in [2.05, 4.69) is 11.9 Å². The van der Waals surface area contributed by atoms with Gasteiger partial charge >= 0.3 is 5.97 Å². The van der Waals surface area contributed by atoms with Crippen molar-refractivity contribution in [2.45, 2.75) is 39.2 Å². The van der Waals surface area contributed by atoms with Crippen LogP contribution in [0.2, 0.25) is 0 Å². The van der Waals surface area contributed by atoms with Crippen LogP contribution in [0.1, 0.15) is 32.3 Å². The van der Waals surface area contributed by atoms with Gasteiger partial charge in [-0.2, -0.15) is 0 Å². The third-order valence-corrected chi connectivity index (χ3v) is 2.62. The van der Waals surface area contributed by atoms with E-state index < -0.39 is 6.04 Å². The Labute approximate surface area is 109 Å². The van der Waals surface area contributed by atoms with Crippen LogP contribution in [0.15, 0.2) is 35.3 Å². The lowest BCUT2D eigenvalue weighted by atomic mass is 10.1. The van der Waals surface area contributed by atoms with Gasteiger partial charge in [-0.05, 0) is 25.1 Å². The van der Waals surface area contributed by atoms with Gasteiger partial charge in [0.25, 0.3) is 0 Å². The van der Waals surface area contributed by atoms with Crippen molar-refractivity contribution < 1.29 is 9.53 Å². The van der Waals surface area contributed by atoms with Crippen LogP contribution >= 0.6 is 0 Å². The van der Waals surface area contributed by atoms with E-state index in [1.54, 1.807) is 6.21 Å². The zero-order valence-corrected chi connectivity index (χ0v) is 11.1. The minimum absolute atomic E-state index is 0.231. The van der Waals surface area contributed by atoms with Gasteiger partial charge in [0.15, 0.2) is 6.04 Å². The zero-order valence-electron chi connectivity index (χ0n) is 11.1. The van der Waals surface area contributed by atoms with E-state index in [0.29, 0.717) is 13.0 Å². The third-order valence-electron chi connectivity index (χ3n) is 2.62. The lowest BCUT2D eigenvalue weighted by Gasteiger charge is -2.12. The SMILES string of the molecule is C/C=N/C(Cc1ccccc1)C(=O)OCCCC. The van der Waals surface area contributed by atoms with Crippen molar-refractivity contribution in [3.05, 3.63) is 35.9 Å². The molecule has 1 unspecified atom stereocenters. The smallest absolute Gasteiger partial charge is 0.331 e. The van der Waals surface area contributed by atoms with E-state index >= 15 is 0 Å². The number of benzene rings is 1. The van der Waals surface area contributed by atoms with Gasteiger partial charge in [-0.3, -0.25) is 4.99 Å². The summed E-state index contributed by atoms with van der Waals surface area (Å²) < 4.78 is 5.22. The van der Waals surface area contributed by atoms with Crippen LogP contribution in [0.5, 0.6) is 0 Å². The zero-order chi connectivity index (χ0) is 13.2. The summed E-state index contributed by atoms with van der Waals surface area (Å²) in [5.74, 6) is -0.231. The molecule has 3 heteroatoms. The third kappa shape index (κ3) is 5.13. The first-order valence-electron chi connectivity index (χ1n) is 6.46. The Bertz CT molecular complexity index is 373. The van der Waals surface area contributed by atoms with E-state index in [-0.39, 0.29) is 5.97 Å². The van der Waals surface area contributed by atoms with Crippen LogP contribution in [0.4, 0.5) is 0 Å². The monoisotopic (exact) mass is 247 g/mol. The summed E-state index contributed by atoms with van der Waals surface area (Å²) in [6, 6.07) is 9.46. The highest BCUT2D eigenvalue weighted by molar-refractivity contribution is 5.78. The molecule has 0 aliphatic heterocycles. The number of unbranched alkanes of at least 4 members (excludes halogenated alkanes) is 1. The van der Waals surface area contributed by atoms with Gasteiger partial charge in [-0.15, -0.1) is 0 Å². The molecule has 0 aliphatic carbocycles. The lowest BCUT2D eigenvalue weighted by molar-refractivity contribution is -0.145. The molecule has 1 rings (SSSR count). The normalized spacial score (nSPS) is 12.6. The minimum Gasteiger partial charge on any atom is -0.464 e. The summed E-state index contributed by atoms with van der Waals surface area (Å²) in [4.78, 5) is 16.1. The van der Waals surface area contributed by atoms with Crippen molar-refractivity contribution in [3.8, 4) is 0 Å². The van der Waals surface area contributed by atoms with Gasteiger partial charge in [-0.25, -0.2) is 4.79 Å². The average molecular weight is 247 g/mol. The van der Waals surface area contributed by atoms with E-state index in [0.717, 1.165) is 18.4 Å². The maximum Gasteiger partial charge on any atom is 0.331 e. The minimum atomic E-state index is -0.422. The average Bonchev–Trinajstić information content (AvgIpc) is 2.39. The number of carbonyl (C=O) groups excluding carboxylic acids is 1. The molecule has 0 aliphatic rings. The standard InChI is InChI=1S/C15H21NO2/c1-3-5-11-18-15(17)14(16-4-2)12-13-9-7-6-8-10-13/h4,6-10,14H,3,5,11-12H2,1-2H3/b16-4+. The fraction of sp³-hybridized carbons (Fsp3) is 0.467. The molecule has 0 saturated carbocycles. The number of rotatable bonds is 7. The summed E-state index contributed by atoms with van der Waals surface area (Å²) in [6.45, 7) is 4.37. The Morgan fingerprint density at radius 1 is 1.39 bits per heavy atom. The molecule has 0 spiro atoms. The van der Waals surface area contributed by atoms with Crippen LogP contribution in [0.25, 0.3) is 0 Å². The van der Waals surface area contributed by atoms with Crippen LogP contribution in [0.3, 0.4) is 0 Å². The molecule has 1 atom stereocenters. The Hall–Kier alpha value is -1.64. The summed E-state index contributed by atoms with van der Waals surface area (Å²) in [7, 11) is 0. The molecule has 0 N–H and O–H groups in total. The fourth-order valence-electron chi connectivity index (χ4n) is 1.63. The first-order chi connectivity index (χ1) is 8.77. The highest BCUT2D eigenvalue weighted by Gasteiger charge is 2.18. The molecule has 3 nitrogen and oxygen atoms in total. The Kier molecular flexibility index (Phi) is 6.77. The topological polar surface area (TPSA) is 38.7 Å². The molecular formula is C15H21NO2. The number of ether oxygens (including phenoxy) is 1. The van der Waals surface area contributed by atoms with Crippen molar-refractivity contribution in [2.24, 2.45) is 4.99 Å². The van der Waals surface area contributed by atoms with Crippen LogP contribution in [-0.2, 0) is 16.0 Å². The van der Waals surface area contributed by atoms with Crippen molar-refractivity contribution in [1.82, 2.24) is 0 Å². The van der Waals surface area contributed by atoms with Gasteiger partial charge in [0.2, 0.25) is 0 Å². The molecule has 0 bridgehead atoms. The first kappa shape index (κ1) is 14.4. The molecule has 0 saturated heterocycles. The number of hydrogen-bond donors (Lipinski definition) is 0. The van der Waals surface area contributed by atoms with E-state index in [9.17, 15) is 4.79 Å². The first-order valence-corrected chi connectivity index (χ1v) is 6.46. The Morgan fingerprint density at radius 3 is 2.72 bits per heavy atom. The maximum absolute atomic E-state index is 11.9. The summed E-state index contributed by atoms with van der Waals surface area (Å²) in [5, 5.41) is 0. The molecule has 1 aromatic rings. The van der Waals surface area contributed by atoms with Gasteiger partial charge in [-0.1, -0.05) is 43.7 Å². The number of aliphatic imine (C=N–C) groups is 1. The highest BCUT2D eigenvalue weighted by Crippen LogP contribution is 2.08. The predicted octanol–water partition coefficient (Wildman–Crippen LogP) is 3.03. The number of nitrogens with zero attached hydrogens (tertiary/aromatic N) is 1. The van der Waals surface area contributed by atoms with Crippen molar-refractivity contribution in [2.75, 3.05) is 6.61 Å². The summed E-state index contributed by atoms with van der Waals surface area (Å²) in [6.07, 6.45) is 4.18. The second-order valence-corrected chi connectivity index (χ2v) is 4.13. The quantitative estimate of drug-likeness (QED) is 0.422. The van der Waals surface area contributed by atoms with Crippen molar-refractivity contribution in [1.29, 1.82) is 0 Å². The van der Waals surface area contributed by atoms with Crippen molar-refractivity contribution >= 4 is 12.2 Å². The molecule has 0 fully saturated rings. The lowest BCUT2D eigenvalue weighted by Crippen LogP contribution is -2.24. The molecule has 0 amide bonds. The molecular weight excluding hydrogens is 226 g/mol. The molecule has 1 aromatic carbocycles. The Morgan fingerprint density at radius 2 is 2.11 bits per heavy atom. The highest BCUT2D eigenvalue weighted by atomic mass is 16.5. The summed E-state index contributed by atoms with van der Waals surface area (Å²) in [5.41, 5.74) is 1.10. The van der Waals surface area contributed by atoms with E-state index in [1.807, 2.05) is 37.3 Å². The second-order valence-electron chi connectivity index (χ2n) is 4.13. The molecule has 18 heavy (non-hydrogen) atoms. The van der Waals surface area contributed by atoms with E-state index in [4.69, 9.17) is 4.74 Å². The van der Waals surface area contributed by atoms with Gasteiger partial charge in [0.1, 0.15) is 0 Å². The maximum atomic E-state index is 11.9. The van der Waals surface area contributed by atoms with Gasteiger partial charge < -0.3 is 4.74 Å². The van der Waals surface area contributed by atoms with Gasteiger partial charge in [0, 0.05) is 6.42 Å². The Balaban J connectivity index is 2.56. The van der Waals surface area contributed by atoms with Crippen molar-refractivity contribution in [3.63, 3.8) is 0 Å². The summed E-state index contributed by atoms with van der Waals surface area (Å²) >= 11 is 0. The number of hydrogen-bond acceptors (Lipinski definition) is 3. The molecule has 98 valence electrons. The van der Waals surface area contributed by atoms with Gasteiger partial charge in [0.05, 0.1) is 6.61 Å². The van der Waals surface area contributed by atoms with Crippen LogP contribution < -0.4 is 0 Å². The van der Waals surface area contributed by atoms with Crippen LogP contribution in [-0.4, -0.2) is 24.8 Å². The molecule has 0 aromatic heterocycles. The van der Waals surface area contributed by atoms with Crippen LogP contribution in [0, 0.1) is 0 Å². The largest absolute Gasteiger partial charge is 0.464 e. The number of carbonyl (C=O) groups is 1. The van der Waals surface area contributed by atoms with E-state index in [1.165, 1.54) is 0 Å². The predicted molar refractivity (Wildman–Crippen MR) is 74.0 cm³/mol. The number of esters is 1.